The Balaban J connectivity index is 2.24. The monoisotopic (exact) mass is 214 g/mol. The Morgan fingerprint density at radius 1 is 1.71 bits per heavy atom. The highest BCUT2D eigenvalue weighted by atomic mass is 32.2. The number of hydrogen-bond donors (Lipinski definition) is 2. The number of carboxylic acid groups (broad SMARTS) is 1. The first kappa shape index (κ1) is 9.54. The van der Waals surface area contributed by atoms with Gasteiger partial charge in [0.1, 0.15) is 16.7 Å². The standard InChI is InChI=1S/C8H10N2O3S/c1-3-2-10-6(11)4(9)7(10)14-5(3)8(12)13/h2,4-5,7H,9H2,1H3,(H,12,13)/t4-,5?,7+/m1/s1. The number of amides is 1. The maximum absolute atomic E-state index is 11.2. The van der Waals surface area contributed by atoms with Gasteiger partial charge in [0.25, 0.3) is 0 Å². The lowest BCUT2D eigenvalue weighted by Crippen LogP contribution is -2.66. The lowest BCUT2D eigenvalue weighted by Gasteiger charge is -2.46. The summed E-state index contributed by atoms with van der Waals surface area (Å²) in [7, 11) is 0. The van der Waals surface area contributed by atoms with Gasteiger partial charge in [0, 0.05) is 6.20 Å². The van der Waals surface area contributed by atoms with E-state index in [1.807, 2.05) is 0 Å². The zero-order valence-corrected chi connectivity index (χ0v) is 8.32. The molecule has 0 radical (unpaired) electrons. The van der Waals surface area contributed by atoms with E-state index in [9.17, 15) is 9.59 Å². The number of carbonyl (C=O) groups excluding carboxylic acids is 1. The molecule has 2 aliphatic heterocycles. The van der Waals surface area contributed by atoms with Gasteiger partial charge in [-0.1, -0.05) is 0 Å². The van der Waals surface area contributed by atoms with Crippen LogP contribution in [0.4, 0.5) is 0 Å². The van der Waals surface area contributed by atoms with Crippen LogP contribution >= 0.6 is 11.8 Å². The van der Waals surface area contributed by atoms with Crippen LogP contribution in [0.3, 0.4) is 0 Å². The third-order valence-corrected chi connectivity index (χ3v) is 4.02. The molecule has 6 heteroatoms. The topological polar surface area (TPSA) is 83.6 Å². The van der Waals surface area contributed by atoms with Crippen molar-refractivity contribution in [3.8, 4) is 0 Å². The van der Waals surface area contributed by atoms with Crippen molar-refractivity contribution in [1.82, 2.24) is 4.90 Å². The van der Waals surface area contributed by atoms with E-state index in [-0.39, 0.29) is 11.3 Å². The van der Waals surface area contributed by atoms with Crippen LogP contribution in [0.2, 0.25) is 0 Å². The van der Waals surface area contributed by atoms with E-state index in [0.717, 1.165) is 0 Å². The van der Waals surface area contributed by atoms with Crippen molar-refractivity contribution in [2.24, 2.45) is 5.73 Å². The van der Waals surface area contributed by atoms with E-state index in [1.54, 1.807) is 13.1 Å². The Morgan fingerprint density at radius 2 is 2.36 bits per heavy atom. The van der Waals surface area contributed by atoms with Crippen molar-refractivity contribution in [1.29, 1.82) is 0 Å². The Hall–Kier alpha value is -1.01. The van der Waals surface area contributed by atoms with Crippen LogP contribution in [-0.2, 0) is 9.59 Å². The fraction of sp³-hybridized carbons (Fsp3) is 0.500. The van der Waals surface area contributed by atoms with Gasteiger partial charge in [-0.2, -0.15) is 0 Å². The summed E-state index contributed by atoms with van der Waals surface area (Å²) in [6.07, 6.45) is 1.59. The zero-order chi connectivity index (χ0) is 10.5. The molecule has 0 spiro atoms. The van der Waals surface area contributed by atoms with Crippen LogP contribution in [0, 0.1) is 0 Å². The number of carboxylic acids is 1. The third-order valence-electron chi connectivity index (χ3n) is 2.38. The normalized spacial score (nSPS) is 35.9. The van der Waals surface area contributed by atoms with E-state index in [4.69, 9.17) is 10.8 Å². The molecule has 1 saturated heterocycles. The van der Waals surface area contributed by atoms with E-state index in [2.05, 4.69) is 0 Å². The molecular formula is C8H10N2O3S. The number of fused-ring (bicyclic) bond motifs is 1. The zero-order valence-electron chi connectivity index (χ0n) is 7.51. The first-order valence-electron chi connectivity index (χ1n) is 4.16. The summed E-state index contributed by atoms with van der Waals surface area (Å²) in [4.78, 5) is 23.5. The number of aliphatic carboxylic acids is 1. The van der Waals surface area contributed by atoms with E-state index in [0.29, 0.717) is 5.57 Å². The largest absolute Gasteiger partial charge is 0.480 e. The highest BCUT2D eigenvalue weighted by molar-refractivity contribution is 8.01. The van der Waals surface area contributed by atoms with Crippen LogP contribution < -0.4 is 5.73 Å². The molecule has 3 N–H and O–H groups in total. The molecule has 1 fully saturated rings. The molecule has 1 unspecified atom stereocenters. The van der Waals surface area contributed by atoms with Gasteiger partial charge in [0.2, 0.25) is 5.91 Å². The number of nitrogens with zero attached hydrogens (tertiary/aromatic N) is 1. The molecule has 1 amide bonds. The minimum atomic E-state index is -0.880. The molecule has 5 nitrogen and oxygen atoms in total. The van der Waals surface area contributed by atoms with Crippen molar-refractivity contribution in [2.75, 3.05) is 0 Å². The molecule has 0 bridgehead atoms. The van der Waals surface area contributed by atoms with E-state index < -0.39 is 17.3 Å². The van der Waals surface area contributed by atoms with Gasteiger partial charge >= 0.3 is 5.97 Å². The van der Waals surface area contributed by atoms with E-state index >= 15 is 0 Å². The molecule has 76 valence electrons. The number of hydrogen-bond acceptors (Lipinski definition) is 4. The summed E-state index contributed by atoms with van der Waals surface area (Å²) in [5.74, 6) is -1.01. The fourth-order valence-electron chi connectivity index (χ4n) is 1.58. The fourth-order valence-corrected chi connectivity index (χ4v) is 2.84. The first-order chi connectivity index (χ1) is 6.52. The van der Waals surface area contributed by atoms with Gasteiger partial charge in [-0.3, -0.25) is 9.59 Å². The predicted molar refractivity (Wildman–Crippen MR) is 51.4 cm³/mol. The van der Waals surface area contributed by atoms with Crippen molar-refractivity contribution >= 4 is 23.6 Å². The van der Waals surface area contributed by atoms with Crippen LogP contribution in [0.1, 0.15) is 6.92 Å². The minimum absolute atomic E-state index is 0.134. The molecule has 2 heterocycles. The predicted octanol–water partition coefficient (Wildman–Crippen LogP) is -0.414. The van der Waals surface area contributed by atoms with Gasteiger partial charge in [-0.25, -0.2) is 0 Å². The second kappa shape index (κ2) is 2.99. The van der Waals surface area contributed by atoms with Crippen molar-refractivity contribution in [3.05, 3.63) is 11.8 Å². The second-order valence-corrected chi connectivity index (χ2v) is 4.62. The Labute approximate surface area is 84.9 Å². The average Bonchev–Trinajstić information content (AvgIpc) is 2.15. The maximum atomic E-state index is 11.2. The summed E-state index contributed by atoms with van der Waals surface area (Å²) >= 11 is 1.22. The van der Waals surface area contributed by atoms with Gasteiger partial charge in [-0.05, 0) is 12.5 Å². The molecule has 3 atom stereocenters. The highest BCUT2D eigenvalue weighted by Crippen LogP contribution is 2.39. The van der Waals surface area contributed by atoms with Gasteiger partial charge in [-0.15, -0.1) is 11.8 Å². The third kappa shape index (κ3) is 1.14. The second-order valence-electron chi connectivity index (χ2n) is 3.39. The molecule has 0 aliphatic carbocycles. The molecular weight excluding hydrogens is 204 g/mol. The number of thioether (sulfide) groups is 1. The van der Waals surface area contributed by atoms with Crippen molar-refractivity contribution in [2.45, 2.75) is 23.6 Å². The molecule has 14 heavy (non-hydrogen) atoms. The molecule has 2 rings (SSSR count). The van der Waals surface area contributed by atoms with Gasteiger partial charge in [0.05, 0.1) is 0 Å². The van der Waals surface area contributed by atoms with E-state index in [1.165, 1.54) is 16.7 Å². The number of nitrogens with two attached hydrogens (primary N) is 1. The molecule has 0 saturated carbocycles. The SMILES string of the molecule is CC1=CN2C(=O)[C@@H](N)[C@@H]2SC1C(=O)O. The lowest BCUT2D eigenvalue weighted by molar-refractivity contribution is -0.141. The molecule has 0 aromatic rings. The Bertz CT molecular complexity index is 341. The Morgan fingerprint density at radius 3 is 2.93 bits per heavy atom. The maximum Gasteiger partial charge on any atom is 0.320 e. The number of rotatable bonds is 1. The quantitative estimate of drug-likeness (QED) is 0.579. The number of β-lactam (4-membered cyclic amide) rings is 1. The van der Waals surface area contributed by atoms with Crippen molar-refractivity contribution in [3.63, 3.8) is 0 Å². The summed E-state index contributed by atoms with van der Waals surface area (Å²) < 4.78 is 0. The average molecular weight is 214 g/mol. The molecule has 0 aromatic carbocycles. The number of carbonyl (C=O) groups is 2. The smallest absolute Gasteiger partial charge is 0.320 e. The van der Waals surface area contributed by atoms with Gasteiger partial charge in [0.15, 0.2) is 0 Å². The summed E-state index contributed by atoms with van der Waals surface area (Å²) in [6.45, 7) is 1.71. The van der Waals surface area contributed by atoms with Crippen LogP contribution in [0.15, 0.2) is 11.8 Å². The van der Waals surface area contributed by atoms with Gasteiger partial charge < -0.3 is 15.7 Å². The summed E-state index contributed by atoms with van der Waals surface area (Å²) in [5, 5.41) is 8.11. The Kier molecular flexibility index (Phi) is 2.04. The van der Waals surface area contributed by atoms with Crippen LogP contribution in [-0.4, -0.2) is 38.5 Å². The highest BCUT2D eigenvalue weighted by Gasteiger charge is 2.49. The lowest BCUT2D eigenvalue weighted by atomic mass is 10.1. The minimum Gasteiger partial charge on any atom is -0.480 e. The first-order valence-corrected chi connectivity index (χ1v) is 5.11. The summed E-state index contributed by atoms with van der Waals surface area (Å²) in [5.41, 5.74) is 6.23. The van der Waals surface area contributed by atoms with Crippen LogP contribution in [0.25, 0.3) is 0 Å². The van der Waals surface area contributed by atoms with Crippen LogP contribution in [0.5, 0.6) is 0 Å². The van der Waals surface area contributed by atoms with Crippen molar-refractivity contribution < 1.29 is 14.7 Å². The molecule has 2 aliphatic rings. The molecule has 0 aromatic heterocycles. The summed E-state index contributed by atoms with van der Waals surface area (Å²) in [6, 6.07) is -0.550.